The summed E-state index contributed by atoms with van der Waals surface area (Å²) >= 11 is 3.40. The van der Waals surface area contributed by atoms with Gasteiger partial charge in [0.1, 0.15) is 0 Å². The van der Waals surface area contributed by atoms with Crippen molar-refractivity contribution in [1.29, 1.82) is 0 Å². The van der Waals surface area contributed by atoms with Crippen molar-refractivity contribution in [2.24, 2.45) is 0 Å². The second-order valence-corrected chi connectivity index (χ2v) is 7.03. The van der Waals surface area contributed by atoms with Crippen molar-refractivity contribution >= 4 is 27.7 Å². The largest absolute Gasteiger partial charge is 0.338 e. The summed E-state index contributed by atoms with van der Waals surface area (Å²) in [6.07, 6.45) is 2.32. The topological polar surface area (TPSA) is 69.6 Å². The Hall–Kier alpha value is -2.18. The summed E-state index contributed by atoms with van der Waals surface area (Å²) in [6, 6.07) is 14.6. The van der Waals surface area contributed by atoms with Crippen LogP contribution in [0.5, 0.6) is 0 Å². The number of unbranched alkanes of at least 4 members (excludes halogenated alkanes) is 1. The molecule has 2 amide bonds. The summed E-state index contributed by atoms with van der Waals surface area (Å²) in [6.45, 7) is 3.29. The highest BCUT2D eigenvalue weighted by Crippen LogP contribution is 2.14. The van der Waals surface area contributed by atoms with E-state index >= 15 is 0 Å². The lowest BCUT2D eigenvalue weighted by Crippen LogP contribution is -2.32. The Morgan fingerprint density at radius 2 is 1.65 bits per heavy atom. The molecule has 2 aromatic rings. The molecule has 0 atom stereocenters. The molecule has 0 bridgehead atoms. The summed E-state index contributed by atoms with van der Waals surface area (Å²) in [5, 5.41) is 8.67. The maximum Gasteiger partial charge on any atom is 0.274 e. The SMILES string of the molecule is CCCCN(Cc1ccc(C(=O)NO)cc1)C(=O)Cc1ccc(Br)cc1. The zero-order valence-corrected chi connectivity index (χ0v) is 16.3. The highest BCUT2D eigenvalue weighted by Gasteiger charge is 2.15. The first kappa shape index (κ1) is 20.1. The van der Waals surface area contributed by atoms with E-state index in [0.29, 0.717) is 25.1 Å². The number of carbonyl (C=O) groups is 2. The molecule has 2 N–H and O–H groups in total. The van der Waals surface area contributed by atoms with Crippen molar-refractivity contribution in [1.82, 2.24) is 10.4 Å². The van der Waals surface area contributed by atoms with E-state index in [4.69, 9.17) is 5.21 Å². The highest BCUT2D eigenvalue weighted by atomic mass is 79.9. The third-order valence-corrected chi connectivity index (χ3v) is 4.62. The van der Waals surface area contributed by atoms with Gasteiger partial charge in [-0.05, 0) is 41.8 Å². The van der Waals surface area contributed by atoms with E-state index in [9.17, 15) is 9.59 Å². The monoisotopic (exact) mass is 418 g/mol. The Balaban J connectivity index is 2.06. The van der Waals surface area contributed by atoms with Crippen LogP contribution in [0.3, 0.4) is 0 Å². The van der Waals surface area contributed by atoms with Crippen LogP contribution in [-0.2, 0) is 17.8 Å². The quantitative estimate of drug-likeness (QED) is 0.503. The molecular formula is C20H23BrN2O3. The molecule has 0 saturated carbocycles. The van der Waals surface area contributed by atoms with Crippen LogP contribution in [0.15, 0.2) is 53.0 Å². The van der Waals surface area contributed by atoms with E-state index in [2.05, 4.69) is 22.9 Å². The molecule has 0 heterocycles. The second-order valence-electron chi connectivity index (χ2n) is 6.11. The normalized spacial score (nSPS) is 10.4. The van der Waals surface area contributed by atoms with Gasteiger partial charge in [0.25, 0.3) is 5.91 Å². The Bertz CT molecular complexity index is 730. The number of hydrogen-bond donors (Lipinski definition) is 2. The van der Waals surface area contributed by atoms with E-state index in [-0.39, 0.29) is 5.91 Å². The molecule has 0 radical (unpaired) electrons. The third-order valence-electron chi connectivity index (χ3n) is 4.09. The van der Waals surface area contributed by atoms with Gasteiger partial charge in [-0.1, -0.05) is 53.5 Å². The minimum absolute atomic E-state index is 0.0814. The molecule has 0 saturated heterocycles. The van der Waals surface area contributed by atoms with Gasteiger partial charge in [0, 0.05) is 23.1 Å². The van der Waals surface area contributed by atoms with Crippen LogP contribution in [0, 0.1) is 0 Å². The maximum atomic E-state index is 12.7. The smallest absolute Gasteiger partial charge is 0.274 e. The van der Waals surface area contributed by atoms with Crippen LogP contribution < -0.4 is 5.48 Å². The molecule has 0 aliphatic carbocycles. The Morgan fingerprint density at radius 3 is 2.23 bits per heavy atom. The van der Waals surface area contributed by atoms with Crippen LogP contribution >= 0.6 is 15.9 Å². The molecule has 6 heteroatoms. The Morgan fingerprint density at radius 1 is 1.04 bits per heavy atom. The van der Waals surface area contributed by atoms with E-state index in [1.165, 1.54) is 0 Å². The maximum absolute atomic E-state index is 12.7. The Labute approximate surface area is 162 Å². The molecule has 26 heavy (non-hydrogen) atoms. The molecule has 0 spiro atoms. The molecule has 138 valence electrons. The predicted molar refractivity (Wildman–Crippen MR) is 104 cm³/mol. The van der Waals surface area contributed by atoms with Crippen LogP contribution in [0.25, 0.3) is 0 Å². The molecular weight excluding hydrogens is 396 g/mol. The number of nitrogens with one attached hydrogen (secondary N) is 1. The molecule has 0 fully saturated rings. The van der Waals surface area contributed by atoms with Crippen molar-refractivity contribution in [3.63, 3.8) is 0 Å². The van der Waals surface area contributed by atoms with Crippen molar-refractivity contribution in [3.05, 3.63) is 69.7 Å². The van der Waals surface area contributed by atoms with Gasteiger partial charge in [-0.2, -0.15) is 0 Å². The molecule has 0 aliphatic heterocycles. The zero-order chi connectivity index (χ0) is 18.9. The fourth-order valence-electron chi connectivity index (χ4n) is 2.58. The minimum atomic E-state index is -0.550. The van der Waals surface area contributed by atoms with Gasteiger partial charge in [-0.3, -0.25) is 14.8 Å². The van der Waals surface area contributed by atoms with Gasteiger partial charge in [-0.15, -0.1) is 0 Å². The second kappa shape index (κ2) is 10.1. The van der Waals surface area contributed by atoms with Crippen LogP contribution in [0.1, 0.15) is 41.3 Å². The molecule has 0 aromatic heterocycles. The van der Waals surface area contributed by atoms with Gasteiger partial charge >= 0.3 is 0 Å². The average molecular weight is 419 g/mol. The summed E-state index contributed by atoms with van der Waals surface area (Å²) in [5.41, 5.74) is 3.91. The van der Waals surface area contributed by atoms with Crippen molar-refractivity contribution in [3.8, 4) is 0 Å². The fraction of sp³-hybridized carbons (Fsp3) is 0.300. The molecule has 2 rings (SSSR count). The summed E-state index contributed by atoms with van der Waals surface area (Å²) in [4.78, 5) is 26.0. The number of nitrogens with zero attached hydrogens (tertiary/aromatic N) is 1. The number of benzene rings is 2. The van der Waals surface area contributed by atoms with E-state index in [0.717, 1.165) is 28.4 Å². The third kappa shape index (κ3) is 5.97. The summed E-state index contributed by atoms with van der Waals surface area (Å²) in [5.74, 6) is -0.469. The van der Waals surface area contributed by atoms with Crippen LogP contribution in [0.4, 0.5) is 0 Å². The van der Waals surface area contributed by atoms with E-state index < -0.39 is 5.91 Å². The first-order valence-electron chi connectivity index (χ1n) is 8.59. The number of amides is 2. The lowest BCUT2D eigenvalue weighted by molar-refractivity contribution is -0.131. The van der Waals surface area contributed by atoms with Gasteiger partial charge in [0.2, 0.25) is 5.91 Å². The summed E-state index contributed by atoms with van der Waals surface area (Å²) in [7, 11) is 0. The predicted octanol–water partition coefficient (Wildman–Crippen LogP) is 3.94. The van der Waals surface area contributed by atoms with Crippen molar-refractivity contribution < 1.29 is 14.8 Å². The number of rotatable bonds is 8. The van der Waals surface area contributed by atoms with Gasteiger partial charge < -0.3 is 4.90 Å². The zero-order valence-electron chi connectivity index (χ0n) is 14.7. The van der Waals surface area contributed by atoms with Gasteiger partial charge in [0.05, 0.1) is 6.42 Å². The summed E-state index contributed by atoms with van der Waals surface area (Å²) < 4.78 is 0.989. The standard InChI is InChI=1S/C20H23BrN2O3/c1-2-3-12-23(19(24)13-15-6-10-18(21)11-7-15)14-16-4-8-17(9-5-16)20(25)22-26/h4-11,26H,2-3,12-14H2,1H3,(H,22,25). The number of halogens is 1. The highest BCUT2D eigenvalue weighted by molar-refractivity contribution is 9.10. The van der Waals surface area contributed by atoms with Crippen molar-refractivity contribution in [2.75, 3.05) is 6.54 Å². The Kier molecular flexibility index (Phi) is 7.81. The lowest BCUT2D eigenvalue weighted by Gasteiger charge is -2.23. The molecule has 0 unspecified atom stereocenters. The average Bonchev–Trinajstić information content (AvgIpc) is 2.66. The number of hydrogen-bond acceptors (Lipinski definition) is 3. The van der Waals surface area contributed by atoms with Crippen LogP contribution in [-0.4, -0.2) is 28.5 Å². The van der Waals surface area contributed by atoms with Crippen molar-refractivity contribution in [2.45, 2.75) is 32.7 Å². The minimum Gasteiger partial charge on any atom is -0.338 e. The van der Waals surface area contributed by atoms with Crippen LogP contribution in [0.2, 0.25) is 0 Å². The first-order chi connectivity index (χ1) is 12.5. The van der Waals surface area contributed by atoms with E-state index in [1.807, 2.05) is 29.2 Å². The molecule has 0 aliphatic rings. The molecule has 5 nitrogen and oxygen atoms in total. The number of hydroxylamine groups is 1. The lowest BCUT2D eigenvalue weighted by atomic mass is 10.1. The molecule has 2 aromatic carbocycles. The number of carbonyl (C=O) groups excluding carboxylic acids is 2. The van der Waals surface area contributed by atoms with E-state index in [1.54, 1.807) is 29.7 Å². The fourth-order valence-corrected chi connectivity index (χ4v) is 2.84. The first-order valence-corrected chi connectivity index (χ1v) is 9.38. The van der Waals surface area contributed by atoms with Gasteiger partial charge in [-0.25, -0.2) is 5.48 Å². The van der Waals surface area contributed by atoms with Gasteiger partial charge in [0.15, 0.2) is 0 Å².